The average Bonchev–Trinajstić information content (AvgIpc) is 2.99. The van der Waals surface area contributed by atoms with Crippen molar-refractivity contribution >= 4 is 27.4 Å². The van der Waals surface area contributed by atoms with Crippen LogP contribution in [-0.2, 0) is 0 Å². The van der Waals surface area contributed by atoms with Crippen molar-refractivity contribution in [2.24, 2.45) is 0 Å². The molecule has 4 heteroatoms. The van der Waals surface area contributed by atoms with E-state index in [1.54, 1.807) is 23.2 Å². The smallest absolute Gasteiger partial charge is 0.138 e. The highest BCUT2D eigenvalue weighted by atomic mass is 32.1. The number of aromatic nitrogens is 2. The summed E-state index contributed by atoms with van der Waals surface area (Å²) in [6.07, 6.45) is 9.02. The number of fused-ring (bicyclic) bond motifs is 1. The van der Waals surface area contributed by atoms with Gasteiger partial charge >= 0.3 is 0 Å². The van der Waals surface area contributed by atoms with Gasteiger partial charge in [0, 0.05) is 6.54 Å². The van der Waals surface area contributed by atoms with Crippen LogP contribution in [0.25, 0.3) is 10.2 Å². The van der Waals surface area contributed by atoms with Crippen LogP contribution in [0.15, 0.2) is 29.4 Å². The van der Waals surface area contributed by atoms with Crippen molar-refractivity contribution in [2.45, 2.75) is 25.7 Å². The Bertz CT molecular complexity index is 544. The molecule has 0 bridgehead atoms. The molecule has 0 radical (unpaired) electrons. The second kappa shape index (κ2) is 4.84. The van der Waals surface area contributed by atoms with Gasteiger partial charge in [-0.1, -0.05) is 11.6 Å². The fourth-order valence-corrected chi connectivity index (χ4v) is 2.97. The number of nitrogens with one attached hydrogen (secondary N) is 1. The van der Waals surface area contributed by atoms with E-state index in [9.17, 15) is 0 Å². The molecular weight excluding hydrogens is 230 g/mol. The predicted molar refractivity (Wildman–Crippen MR) is 72.5 cm³/mol. The van der Waals surface area contributed by atoms with E-state index in [0.717, 1.165) is 29.0 Å². The van der Waals surface area contributed by atoms with E-state index in [1.807, 2.05) is 0 Å². The second-order valence-electron chi connectivity index (χ2n) is 4.29. The lowest BCUT2D eigenvalue weighted by molar-refractivity contribution is 0.862. The quantitative estimate of drug-likeness (QED) is 0.836. The third-order valence-electron chi connectivity index (χ3n) is 3.14. The summed E-state index contributed by atoms with van der Waals surface area (Å²) in [5.41, 5.74) is 1.59. The van der Waals surface area contributed by atoms with Crippen LogP contribution in [0.1, 0.15) is 25.7 Å². The zero-order valence-electron chi connectivity index (χ0n) is 9.65. The molecule has 1 aliphatic carbocycles. The predicted octanol–water partition coefficient (Wildman–Crippen LogP) is 3.60. The Morgan fingerprint density at radius 3 is 3.24 bits per heavy atom. The molecule has 0 saturated carbocycles. The Morgan fingerprint density at radius 1 is 1.35 bits per heavy atom. The fraction of sp³-hybridized carbons (Fsp3) is 0.385. The van der Waals surface area contributed by atoms with Gasteiger partial charge in [0.05, 0.1) is 5.39 Å². The Morgan fingerprint density at radius 2 is 2.35 bits per heavy atom. The Kier molecular flexibility index (Phi) is 3.05. The number of hydrogen-bond acceptors (Lipinski definition) is 4. The summed E-state index contributed by atoms with van der Waals surface area (Å²) in [6, 6.07) is 2.08. The molecule has 3 rings (SSSR count). The molecule has 0 spiro atoms. The molecule has 0 fully saturated rings. The van der Waals surface area contributed by atoms with E-state index in [2.05, 4.69) is 32.8 Å². The number of hydrogen-bond donors (Lipinski definition) is 1. The monoisotopic (exact) mass is 245 g/mol. The van der Waals surface area contributed by atoms with Gasteiger partial charge in [0.25, 0.3) is 0 Å². The molecule has 0 aromatic carbocycles. The average molecular weight is 245 g/mol. The summed E-state index contributed by atoms with van der Waals surface area (Å²) in [4.78, 5) is 9.61. The van der Waals surface area contributed by atoms with Gasteiger partial charge in [-0.25, -0.2) is 9.97 Å². The van der Waals surface area contributed by atoms with Gasteiger partial charge in [0.1, 0.15) is 17.0 Å². The molecule has 88 valence electrons. The van der Waals surface area contributed by atoms with Gasteiger partial charge in [-0.05, 0) is 37.1 Å². The summed E-state index contributed by atoms with van der Waals surface area (Å²) in [6.45, 7) is 0.966. The molecule has 0 aliphatic heterocycles. The van der Waals surface area contributed by atoms with Crippen LogP contribution in [0.5, 0.6) is 0 Å². The van der Waals surface area contributed by atoms with Crippen molar-refractivity contribution in [3.63, 3.8) is 0 Å². The molecule has 0 saturated heterocycles. The highest BCUT2D eigenvalue weighted by Gasteiger charge is 2.06. The van der Waals surface area contributed by atoms with Crippen molar-refractivity contribution < 1.29 is 0 Å². The number of anilines is 1. The minimum Gasteiger partial charge on any atom is -0.369 e. The molecule has 0 unspecified atom stereocenters. The normalized spacial score (nSPS) is 15.2. The number of rotatable bonds is 4. The molecule has 1 aliphatic rings. The first-order valence-corrected chi connectivity index (χ1v) is 6.91. The molecule has 0 amide bonds. The van der Waals surface area contributed by atoms with Crippen LogP contribution < -0.4 is 5.32 Å². The highest BCUT2D eigenvalue weighted by Crippen LogP contribution is 2.24. The minimum absolute atomic E-state index is 0.966. The summed E-state index contributed by atoms with van der Waals surface area (Å²) in [5.74, 6) is 0.967. The van der Waals surface area contributed by atoms with Gasteiger partial charge in [-0.15, -0.1) is 11.3 Å². The summed E-state index contributed by atoms with van der Waals surface area (Å²) < 4.78 is 0. The second-order valence-corrected chi connectivity index (χ2v) is 5.19. The van der Waals surface area contributed by atoms with E-state index in [4.69, 9.17) is 0 Å². The van der Waals surface area contributed by atoms with Crippen molar-refractivity contribution in [2.75, 3.05) is 11.9 Å². The van der Waals surface area contributed by atoms with Crippen LogP contribution in [0, 0.1) is 0 Å². The number of allylic oxidation sites excluding steroid dienone is 1. The maximum Gasteiger partial charge on any atom is 0.138 e. The van der Waals surface area contributed by atoms with Gasteiger partial charge in [-0.3, -0.25) is 0 Å². The lowest BCUT2D eigenvalue weighted by atomic mass is 10.2. The third-order valence-corrected chi connectivity index (χ3v) is 3.96. The van der Waals surface area contributed by atoms with Crippen LogP contribution in [0.2, 0.25) is 0 Å². The first-order valence-electron chi connectivity index (χ1n) is 6.03. The standard InChI is InChI=1S/C13H15N3S/c1-2-4-10(3-1)5-7-14-12-11-6-8-17-13(11)16-9-15-12/h3,6,8-9H,1-2,4-5,7H2,(H,14,15,16). The number of thiophene rings is 1. The third kappa shape index (κ3) is 2.31. The SMILES string of the molecule is C1=C(CCNc2ncnc3sccc23)CCC1. The largest absolute Gasteiger partial charge is 0.369 e. The van der Waals surface area contributed by atoms with Crippen LogP contribution in [0.3, 0.4) is 0 Å². The molecule has 2 heterocycles. The van der Waals surface area contributed by atoms with Gasteiger partial charge in [0.15, 0.2) is 0 Å². The first kappa shape index (κ1) is 10.7. The van der Waals surface area contributed by atoms with Crippen molar-refractivity contribution in [3.05, 3.63) is 29.4 Å². The van der Waals surface area contributed by atoms with Crippen LogP contribution in [0.4, 0.5) is 5.82 Å². The van der Waals surface area contributed by atoms with E-state index < -0.39 is 0 Å². The molecule has 3 nitrogen and oxygen atoms in total. The fourth-order valence-electron chi connectivity index (χ4n) is 2.24. The van der Waals surface area contributed by atoms with Crippen molar-refractivity contribution in [3.8, 4) is 0 Å². The summed E-state index contributed by atoms with van der Waals surface area (Å²) >= 11 is 1.66. The van der Waals surface area contributed by atoms with Gasteiger partial charge in [0.2, 0.25) is 0 Å². The summed E-state index contributed by atoms with van der Waals surface area (Å²) in [5, 5.41) is 6.61. The Hall–Kier alpha value is -1.42. The molecular formula is C13H15N3S. The highest BCUT2D eigenvalue weighted by molar-refractivity contribution is 7.16. The Labute approximate surface area is 105 Å². The minimum atomic E-state index is 0.966. The lowest BCUT2D eigenvalue weighted by Crippen LogP contribution is -2.04. The van der Waals surface area contributed by atoms with E-state index >= 15 is 0 Å². The first-order chi connectivity index (χ1) is 8.43. The summed E-state index contributed by atoms with van der Waals surface area (Å²) in [7, 11) is 0. The van der Waals surface area contributed by atoms with Crippen LogP contribution >= 0.6 is 11.3 Å². The maximum atomic E-state index is 4.31. The van der Waals surface area contributed by atoms with Crippen molar-refractivity contribution in [1.82, 2.24) is 9.97 Å². The molecule has 2 aromatic heterocycles. The van der Waals surface area contributed by atoms with Crippen LogP contribution in [-0.4, -0.2) is 16.5 Å². The topological polar surface area (TPSA) is 37.8 Å². The van der Waals surface area contributed by atoms with Gasteiger partial charge in [-0.2, -0.15) is 0 Å². The van der Waals surface area contributed by atoms with Crippen molar-refractivity contribution in [1.29, 1.82) is 0 Å². The molecule has 1 N–H and O–H groups in total. The number of nitrogens with zero attached hydrogens (tertiary/aromatic N) is 2. The van der Waals surface area contributed by atoms with E-state index in [1.165, 1.54) is 19.3 Å². The van der Waals surface area contributed by atoms with Gasteiger partial charge < -0.3 is 5.32 Å². The van der Waals surface area contributed by atoms with E-state index in [0.29, 0.717) is 0 Å². The molecule has 2 aromatic rings. The molecule has 0 atom stereocenters. The zero-order chi connectivity index (χ0) is 11.5. The van der Waals surface area contributed by atoms with E-state index in [-0.39, 0.29) is 0 Å². The zero-order valence-corrected chi connectivity index (χ0v) is 10.5. The lowest BCUT2D eigenvalue weighted by Gasteiger charge is -2.06. The Balaban J connectivity index is 1.66. The molecule has 17 heavy (non-hydrogen) atoms. The maximum absolute atomic E-state index is 4.31.